The second-order valence-corrected chi connectivity index (χ2v) is 5.57. The molecule has 0 bridgehead atoms. The van der Waals surface area contributed by atoms with E-state index in [1.54, 1.807) is 18.2 Å². The van der Waals surface area contributed by atoms with Gasteiger partial charge in [-0.25, -0.2) is 0 Å². The Morgan fingerprint density at radius 3 is 2.63 bits per heavy atom. The van der Waals surface area contributed by atoms with Crippen LogP contribution < -0.4 is 5.32 Å². The van der Waals surface area contributed by atoms with Crippen LogP contribution in [0.2, 0.25) is 0 Å². The summed E-state index contributed by atoms with van der Waals surface area (Å²) in [6.45, 7) is 1.92. The first-order valence-electron chi connectivity index (χ1n) is 5.43. The number of nitro benzene ring substituents is 1. The van der Waals surface area contributed by atoms with Crippen molar-refractivity contribution in [1.29, 1.82) is 0 Å². The lowest BCUT2D eigenvalue weighted by atomic mass is 10.2. The van der Waals surface area contributed by atoms with Crippen molar-refractivity contribution in [3.05, 3.63) is 55.3 Å². The molecule has 1 N–H and O–H groups in total. The van der Waals surface area contributed by atoms with Crippen LogP contribution in [0.5, 0.6) is 0 Å². The lowest BCUT2D eigenvalue weighted by Crippen LogP contribution is -2.05. The van der Waals surface area contributed by atoms with Gasteiger partial charge in [0.2, 0.25) is 0 Å². The molecule has 1 atom stereocenters. The highest BCUT2D eigenvalue weighted by molar-refractivity contribution is 9.10. The predicted molar refractivity (Wildman–Crippen MR) is 79.2 cm³/mol. The summed E-state index contributed by atoms with van der Waals surface area (Å²) in [7, 11) is 0. The van der Waals surface area contributed by atoms with Crippen LogP contribution in [0, 0.1) is 10.1 Å². The Labute approximate surface area is 126 Å². The molecule has 2 rings (SSSR count). The standard InChI is InChI=1S/C12H10Br2N2O3/c1-7(11-4-5-12(14)19-11)15-8-2-3-9(13)10(6-8)16(17)18/h2-7,15H,1H3. The molecule has 5 nitrogen and oxygen atoms in total. The monoisotopic (exact) mass is 388 g/mol. The molecule has 0 fully saturated rings. The lowest BCUT2D eigenvalue weighted by Gasteiger charge is -2.12. The van der Waals surface area contributed by atoms with E-state index in [9.17, 15) is 10.1 Å². The molecule has 0 saturated heterocycles. The zero-order chi connectivity index (χ0) is 14.0. The third kappa shape index (κ3) is 3.36. The van der Waals surface area contributed by atoms with Gasteiger partial charge in [-0.3, -0.25) is 10.1 Å². The number of hydrogen-bond donors (Lipinski definition) is 1. The molecular formula is C12H10Br2N2O3. The molecule has 0 aliphatic heterocycles. The van der Waals surface area contributed by atoms with Gasteiger partial charge in [-0.05, 0) is 63.0 Å². The second-order valence-electron chi connectivity index (χ2n) is 3.93. The zero-order valence-electron chi connectivity index (χ0n) is 9.89. The maximum Gasteiger partial charge on any atom is 0.285 e. The van der Waals surface area contributed by atoms with E-state index in [0.29, 0.717) is 14.8 Å². The molecule has 19 heavy (non-hydrogen) atoms. The number of hydrogen-bond acceptors (Lipinski definition) is 4. The van der Waals surface area contributed by atoms with Crippen LogP contribution >= 0.6 is 31.9 Å². The van der Waals surface area contributed by atoms with Crippen molar-refractivity contribution in [1.82, 2.24) is 0 Å². The molecule has 2 aromatic rings. The highest BCUT2D eigenvalue weighted by Gasteiger charge is 2.15. The Kier molecular flexibility index (Phi) is 4.26. The van der Waals surface area contributed by atoms with Crippen LogP contribution in [-0.2, 0) is 0 Å². The summed E-state index contributed by atoms with van der Waals surface area (Å²) < 4.78 is 6.54. The minimum atomic E-state index is -0.427. The fourth-order valence-electron chi connectivity index (χ4n) is 1.62. The van der Waals surface area contributed by atoms with Crippen LogP contribution in [0.3, 0.4) is 0 Å². The van der Waals surface area contributed by atoms with Gasteiger partial charge in [0, 0.05) is 11.8 Å². The predicted octanol–water partition coefficient (Wildman–Crippen LogP) is 4.89. The fraction of sp³-hybridized carbons (Fsp3) is 0.167. The Hall–Kier alpha value is -1.34. The highest BCUT2D eigenvalue weighted by atomic mass is 79.9. The quantitative estimate of drug-likeness (QED) is 0.597. The maximum atomic E-state index is 10.9. The topological polar surface area (TPSA) is 68.3 Å². The molecule has 0 spiro atoms. The van der Waals surface area contributed by atoms with E-state index < -0.39 is 4.92 Å². The van der Waals surface area contributed by atoms with Gasteiger partial charge in [0.05, 0.1) is 15.4 Å². The fourth-order valence-corrected chi connectivity index (χ4v) is 2.33. The maximum absolute atomic E-state index is 10.9. The van der Waals surface area contributed by atoms with Gasteiger partial charge in [-0.2, -0.15) is 0 Å². The van der Waals surface area contributed by atoms with E-state index >= 15 is 0 Å². The summed E-state index contributed by atoms with van der Waals surface area (Å²) in [4.78, 5) is 10.4. The number of rotatable bonds is 4. The molecule has 0 saturated carbocycles. The number of benzene rings is 1. The SMILES string of the molecule is CC(Nc1ccc(Br)c([N+](=O)[O-])c1)c1ccc(Br)o1. The van der Waals surface area contributed by atoms with Crippen LogP contribution in [0.1, 0.15) is 18.7 Å². The molecule has 0 aliphatic carbocycles. The van der Waals surface area contributed by atoms with Crippen molar-refractivity contribution >= 4 is 43.2 Å². The third-order valence-corrected chi connectivity index (χ3v) is 3.64. The summed E-state index contributed by atoms with van der Waals surface area (Å²) in [5, 5.41) is 14.0. The molecule has 0 radical (unpaired) electrons. The van der Waals surface area contributed by atoms with Crippen molar-refractivity contribution < 1.29 is 9.34 Å². The summed E-state index contributed by atoms with van der Waals surface area (Å²) in [6, 6.07) is 8.45. The molecule has 1 aromatic carbocycles. The van der Waals surface area contributed by atoms with Gasteiger partial charge < -0.3 is 9.73 Å². The first kappa shape index (κ1) is 14.1. The molecule has 1 aromatic heterocycles. The largest absolute Gasteiger partial charge is 0.452 e. The van der Waals surface area contributed by atoms with Crippen molar-refractivity contribution in [2.75, 3.05) is 5.32 Å². The number of anilines is 1. The van der Waals surface area contributed by atoms with Crippen LogP contribution in [-0.4, -0.2) is 4.92 Å². The molecule has 1 heterocycles. The van der Waals surface area contributed by atoms with Crippen molar-refractivity contribution in [3.63, 3.8) is 0 Å². The molecule has 0 amide bonds. The van der Waals surface area contributed by atoms with Gasteiger partial charge in [0.25, 0.3) is 5.69 Å². The average Bonchev–Trinajstić information content (AvgIpc) is 2.78. The van der Waals surface area contributed by atoms with E-state index in [2.05, 4.69) is 37.2 Å². The summed E-state index contributed by atoms with van der Waals surface area (Å²) in [5.74, 6) is 0.748. The number of nitrogens with one attached hydrogen (secondary N) is 1. The van der Waals surface area contributed by atoms with Gasteiger partial charge in [-0.1, -0.05) is 0 Å². The van der Waals surface area contributed by atoms with Crippen LogP contribution in [0.15, 0.2) is 43.9 Å². The Morgan fingerprint density at radius 2 is 2.05 bits per heavy atom. The second kappa shape index (κ2) is 5.75. The molecule has 100 valence electrons. The Bertz CT molecular complexity index is 613. The number of nitrogens with zero attached hydrogens (tertiary/aromatic N) is 1. The van der Waals surface area contributed by atoms with E-state index in [-0.39, 0.29) is 11.7 Å². The first-order chi connectivity index (χ1) is 8.97. The summed E-state index contributed by atoms with van der Waals surface area (Å²) in [6.07, 6.45) is 0. The van der Waals surface area contributed by atoms with Crippen LogP contribution in [0.25, 0.3) is 0 Å². The number of furan rings is 1. The van der Waals surface area contributed by atoms with Gasteiger partial charge in [-0.15, -0.1) is 0 Å². The van der Waals surface area contributed by atoms with Gasteiger partial charge in [0.15, 0.2) is 4.67 Å². The molecular weight excluding hydrogens is 380 g/mol. The van der Waals surface area contributed by atoms with Crippen molar-refractivity contribution in [2.45, 2.75) is 13.0 Å². The van der Waals surface area contributed by atoms with Gasteiger partial charge in [0.1, 0.15) is 5.76 Å². The lowest BCUT2D eigenvalue weighted by molar-refractivity contribution is -0.385. The zero-order valence-corrected chi connectivity index (χ0v) is 13.1. The Balaban J connectivity index is 2.19. The first-order valence-corrected chi connectivity index (χ1v) is 7.01. The van der Waals surface area contributed by atoms with Crippen molar-refractivity contribution in [3.8, 4) is 0 Å². The van der Waals surface area contributed by atoms with E-state index in [1.165, 1.54) is 6.07 Å². The Morgan fingerprint density at radius 1 is 1.32 bits per heavy atom. The van der Waals surface area contributed by atoms with E-state index in [0.717, 1.165) is 5.76 Å². The summed E-state index contributed by atoms with van der Waals surface area (Å²) in [5.41, 5.74) is 0.688. The highest BCUT2D eigenvalue weighted by Crippen LogP contribution is 2.30. The number of halogens is 2. The molecule has 0 aliphatic rings. The minimum absolute atomic E-state index is 0.0258. The normalized spacial score (nSPS) is 12.2. The average molecular weight is 390 g/mol. The third-order valence-electron chi connectivity index (χ3n) is 2.55. The smallest absolute Gasteiger partial charge is 0.285 e. The van der Waals surface area contributed by atoms with Gasteiger partial charge >= 0.3 is 0 Å². The number of nitro groups is 1. The van der Waals surface area contributed by atoms with Crippen molar-refractivity contribution in [2.24, 2.45) is 0 Å². The summed E-state index contributed by atoms with van der Waals surface area (Å²) >= 11 is 6.39. The van der Waals surface area contributed by atoms with E-state index in [1.807, 2.05) is 13.0 Å². The van der Waals surface area contributed by atoms with E-state index in [4.69, 9.17) is 4.42 Å². The molecule has 7 heteroatoms. The minimum Gasteiger partial charge on any atom is -0.452 e. The van der Waals surface area contributed by atoms with Crippen LogP contribution in [0.4, 0.5) is 11.4 Å². The molecule has 1 unspecified atom stereocenters.